The van der Waals surface area contributed by atoms with Crippen molar-refractivity contribution in [1.82, 2.24) is 30.0 Å². The van der Waals surface area contributed by atoms with E-state index in [-0.39, 0.29) is 5.91 Å². The van der Waals surface area contributed by atoms with Gasteiger partial charge in [-0.25, -0.2) is 0 Å². The third kappa shape index (κ3) is 3.42. The van der Waals surface area contributed by atoms with Crippen molar-refractivity contribution in [2.45, 2.75) is 18.9 Å². The first-order chi connectivity index (χ1) is 12.2. The maximum Gasteiger partial charge on any atom is 0.276 e. The van der Waals surface area contributed by atoms with E-state index < -0.39 is 0 Å². The highest BCUT2D eigenvalue weighted by Gasteiger charge is 2.30. The summed E-state index contributed by atoms with van der Waals surface area (Å²) in [6.07, 6.45) is 3.85. The Morgan fingerprint density at radius 3 is 2.88 bits per heavy atom. The molecule has 9 nitrogen and oxygen atoms in total. The van der Waals surface area contributed by atoms with Crippen molar-refractivity contribution in [2.75, 3.05) is 39.4 Å². The molecule has 0 bridgehead atoms. The monoisotopic (exact) mass is 346 g/mol. The molecule has 4 rings (SSSR count). The highest BCUT2D eigenvalue weighted by atomic mass is 16.5. The van der Waals surface area contributed by atoms with Gasteiger partial charge in [-0.05, 0) is 12.8 Å². The second-order valence-corrected chi connectivity index (χ2v) is 6.55. The van der Waals surface area contributed by atoms with Crippen molar-refractivity contribution in [3.05, 3.63) is 18.0 Å². The van der Waals surface area contributed by atoms with Gasteiger partial charge in [-0.3, -0.25) is 14.4 Å². The van der Waals surface area contributed by atoms with Gasteiger partial charge in [-0.2, -0.15) is 0 Å². The summed E-state index contributed by atoms with van der Waals surface area (Å²) >= 11 is 0. The van der Waals surface area contributed by atoms with E-state index in [1.807, 2.05) is 4.90 Å². The van der Waals surface area contributed by atoms with Crippen LogP contribution in [0.3, 0.4) is 0 Å². The van der Waals surface area contributed by atoms with Crippen LogP contribution in [0.25, 0.3) is 11.5 Å². The molecule has 2 aromatic rings. The minimum Gasteiger partial charge on any atom is -0.379 e. The normalized spacial score (nSPS) is 22.3. The Bertz CT molecular complexity index is 736. The average Bonchev–Trinajstić information content (AvgIpc) is 3.31. The van der Waals surface area contributed by atoms with Crippen molar-refractivity contribution < 1.29 is 14.1 Å². The van der Waals surface area contributed by atoms with Crippen LogP contribution in [0.2, 0.25) is 0 Å². The lowest BCUT2D eigenvalue weighted by Gasteiger charge is -2.40. The van der Waals surface area contributed by atoms with E-state index in [9.17, 15) is 4.79 Å². The molecule has 9 heteroatoms. The van der Waals surface area contributed by atoms with Gasteiger partial charge in [-0.1, -0.05) is 10.4 Å². The zero-order chi connectivity index (χ0) is 17.2. The SMILES string of the molecule is Cn1cc(-c2cc(C(=O)N3CCCC(N4CCOCC4)C3)no2)nn1. The first-order valence-electron chi connectivity index (χ1n) is 8.65. The van der Waals surface area contributed by atoms with Crippen LogP contribution in [0.1, 0.15) is 23.3 Å². The molecule has 1 atom stereocenters. The molecule has 2 fully saturated rings. The van der Waals surface area contributed by atoms with Gasteiger partial charge in [0.05, 0.1) is 19.4 Å². The Morgan fingerprint density at radius 2 is 2.12 bits per heavy atom. The summed E-state index contributed by atoms with van der Waals surface area (Å²) in [5.74, 6) is 0.370. The van der Waals surface area contributed by atoms with Crippen LogP contribution in [0.5, 0.6) is 0 Å². The molecule has 1 unspecified atom stereocenters. The highest BCUT2D eigenvalue weighted by molar-refractivity contribution is 5.93. The largest absolute Gasteiger partial charge is 0.379 e. The summed E-state index contributed by atoms with van der Waals surface area (Å²) in [7, 11) is 1.78. The van der Waals surface area contributed by atoms with Gasteiger partial charge in [0.25, 0.3) is 5.91 Å². The summed E-state index contributed by atoms with van der Waals surface area (Å²) in [5, 5.41) is 11.8. The van der Waals surface area contributed by atoms with E-state index in [4.69, 9.17) is 9.26 Å². The van der Waals surface area contributed by atoms with Crippen LogP contribution in [-0.2, 0) is 11.8 Å². The molecule has 0 N–H and O–H groups in total. The number of carbonyl (C=O) groups is 1. The van der Waals surface area contributed by atoms with Gasteiger partial charge in [0, 0.05) is 45.3 Å². The number of hydrogen-bond donors (Lipinski definition) is 0. The summed E-state index contributed by atoms with van der Waals surface area (Å²) in [4.78, 5) is 17.1. The maximum absolute atomic E-state index is 12.8. The third-order valence-electron chi connectivity index (χ3n) is 4.83. The highest BCUT2D eigenvalue weighted by Crippen LogP contribution is 2.21. The topological polar surface area (TPSA) is 89.5 Å². The minimum absolute atomic E-state index is 0.0863. The molecule has 0 aliphatic carbocycles. The molecule has 0 aromatic carbocycles. The van der Waals surface area contributed by atoms with Gasteiger partial charge in [0.2, 0.25) is 0 Å². The molecule has 0 saturated carbocycles. The molecule has 2 aliphatic rings. The predicted molar refractivity (Wildman–Crippen MR) is 87.8 cm³/mol. The van der Waals surface area contributed by atoms with Crippen LogP contribution >= 0.6 is 0 Å². The zero-order valence-corrected chi connectivity index (χ0v) is 14.3. The Balaban J connectivity index is 1.44. The van der Waals surface area contributed by atoms with Crippen LogP contribution in [0, 0.1) is 0 Å². The molecule has 4 heterocycles. The Labute approximate surface area is 145 Å². The first-order valence-corrected chi connectivity index (χ1v) is 8.65. The van der Waals surface area contributed by atoms with Gasteiger partial charge >= 0.3 is 0 Å². The number of carbonyl (C=O) groups excluding carboxylic acids is 1. The summed E-state index contributed by atoms with van der Waals surface area (Å²) in [5.41, 5.74) is 0.891. The molecular formula is C16H22N6O3. The Kier molecular flexibility index (Phi) is 4.50. The second kappa shape index (κ2) is 6.93. The molecule has 2 saturated heterocycles. The number of likely N-dealkylation sites (tertiary alicyclic amines) is 1. The number of amides is 1. The summed E-state index contributed by atoms with van der Waals surface area (Å²) < 4.78 is 12.3. The maximum atomic E-state index is 12.8. The zero-order valence-electron chi connectivity index (χ0n) is 14.3. The number of morpholine rings is 1. The molecule has 2 aromatic heterocycles. The number of aromatic nitrogens is 4. The minimum atomic E-state index is -0.0863. The number of aryl methyl sites for hydroxylation is 1. The van der Waals surface area contributed by atoms with Crippen LogP contribution in [0.4, 0.5) is 0 Å². The molecule has 0 spiro atoms. The van der Waals surface area contributed by atoms with Crippen molar-refractivity contribution in [2.24, 2.45) is 7.05 Å². The third-order valence-corrected chi connectivity index (χ3v) is 4.83. The fraction of sp³-hybridized carbons (Fsp3) is 0.625. The molecule has 2 aliphatic heterocycles. The standard InChI is InChI=1S/C16H22N6O3/c1-20-11-14(17-19-20)15-9-13(18-25-15)16(23)22-4-2-3-12(10-22)21-5-7-24-8-6-21/h9,11-12H,2-8,10H2,1H3. The number of piperidine rings is 1. The molecule has 134 valence electrons. The first kappa shape index (κ1) is 16.2. The fourth-order valence-electron chi connectivity index (χ4n) is 3.50. The van der Waals surface area contributed by atoms with E-state index in [1.54, 1.807) is 24.0 Å². The van der Waals surface area contributed by atoms with Gasteiger partial charge in [-0.15, -0.1) is 5.10 Å². The number of hydrogen-bond acceptors (Lipinski definition) is 7. The van der Waals surface area contributed by atoms with E-state index in [1.165, 1.54) is 0 Å². The Hall–Kier alpha value is -2.26. The van der Waals surface area contributed by atoms with Crippen LogP contribution in [0.15, 0.2) is 16.8 Å². The number of nitrogens with zero attached hydrogens (tertiary/aromatic N) is 6. The van der Waals surface area contributed by atoms with Crippen molar-refractivity contribution >= 4 is 5.91 Å². The predicted octanol–water partition coefficient (Wildman–Crippen LogP) is 0.407. The van der Waals surface area contributed by atoms with Crippen LogP contribution < -0.4 is 0 Å². The molecule has 0 radical (unpaired) electrons. The summed E-state index contributed by atoms with van der Waals surface area (Å²) in [6.45, 7) is 4.91. The lowest BCUT2D eigenvalue weighted by molar-refractivity contribution is -0.00134. The van der Waals surface area contributed by atoms with E-state index in [2.05, 4.69) is 20.4 Å². The van der Waals surface area contributed by atoms with Crippen molar-refractivity contribution in [1.29, 1.82) is 0 Å². The molecule has 25 heavy (non-hydrogen) atoms. The van der Waals surface area contributed by atoms with E-state index >= 15 is 0 Å². The Morgan fingerprint density at radius 1 is 1.28 bits per heavy atom. The van der Waals surface area contributed by atoms with E-state index in [0.717, 1.165) is 52.2 Å². The smallest absolute Gasteiger partial charge is 0.276 e. The van der Waals surface area contributed by atoms with Gasteiger partial charge in [0.15, 0.2) is 17.1 Å². The van der Waals surface area contributed by atoms with Crippen molar-refractivity contribution in [3.63, 3.8) is 0 Å². The van der Waals surface area contributed by atoms with Crippen LogP contribution in [-0.4, -0.2) is 81.3 Å². The fourth-order valence-corrected chi connectivity index (χ4v) is 3.50. The lowest BCUT2D eigenvalue weighted by Crippen LogP contribution is -2.52. The second-order valence-electron chi connectivity index (χ2n) is 6.55. The molecule has 1 amide bonds. The quantitative estimate of drug-likeness (QED) is 0.795. The summed E-state index contributed by atoms with van der Waals surface area (Å²) in [6, 6.07) is 2.04. The average molecular weight is 346 g/mol. The lowest BCUT2D eigenvalue weighted by atomic mass is 10.0. The number of ether oxygens (including phenoxy) is 1. The van der Waals surface area contributed by atoms with Gasteiger partial charge in [0.1, 0.15) is 0 Å². The van der Waals surface area contributed by atoms with Gasteiger partial charge < -0.3 is 14.2 Å². The van der Waals surface area contributed by atoms with E-state index in [0.29, 0.717) is 23.2 Å². The number of rotatable bonds is 3. The van der Waals surface area contributed by atoms with Crippen molar-refractivity contribution in [3.8, 4) is 11.5 Å². The molecular weight excluding hydrogens is 324 g/mol.